The van der Waals surface area contributed by atoms with Crippen molar-refractivity contribution in [1.29, 1.82) is 0 Å². The Balaban J connectivity index is 2.37. The minimum Gasteiger partial charge on any atom is -0.494 e. The summed E-state index contributed by atoms with van der Waals surface area (Å²) in [5.74, 6) is 0.597. The molecule has 0 spiro atoms. The minimum absolute atomic E-state index is 0.299. The fourth-order valence-corrected chi connectivity index (χ4v) is 2.09. The zero-order chi connectivity index (χ0) is 10.8. The molecule has 0 N–H and O–H groups in total. The Morgan fingerprint density at radius 1 is 1.40 bits per heavy atom. The third-order valence-corrected chi connectivity index (χ3v) is 2.98. The van der Waals surface area contributed by atoms with Crippen molar-refractivity contribution >= 4 is 5.57 Å². The second-order valence-corrected chi connectivity index (χ2v) is 3.99. The summed E-state index contributed by atoms with van der Waals surface area (Å²) in [4.78, 5) is 0. The number of hydrogen-bond donors (Lipinski definition) is 0. The normalized spacial score (nSPS) is 20.2. The average Bonchev–Trinajstić information content (AvgIpc) is 2.65. The molecule has 0 fully saturated rings. The van der Waals surface area contributed by atoms with Gasteiger partial charge in [-0.2, -0.15) is 0 Å². The van der Waals surface area contributed by atoms with Crippen LogP contribution in [-0.4, -0.2) is 7.11 Å². The molecule has 0 saturated carbocycles. The van der Waals surface area contributed by atoms with E-state index in [9.17, 15) is 4.39 Å². The molecule has 80 valence electrons. The maximum Gasteiger partial charge on any atom is 0.165 e. The highest BCUT2D eigenvalue weighted by atomic mass is 19.1. The largest absolute Gasteiger partial charge is 0.494 e. The van der Waals surface area contributed by atoms with Gasteiger partial charge in [0, 0.05) is 0 Å². The van der Waals surface area contributed by atoms with Crippen LogP contribution in [0.5, 0.6) is 5.75 Å². The summed E-state index contributed by atoms with van der Waals surface area (Å²) >= 11 is 0. The number of allylic oxidation sites excluding steroid dienone is 2. The fourth-order valence-electron chi connectivity index (χ4n) is 2.09. The third kappa shape index (κ3) is 1.89. The molecule has 1 aliphatic carbocycles. The van der Waals surface area contributed by atoms with Crippen LogP contribution in [-0.2, 0) is 0 Å². The average molecular weight is 206 g/mol. The molecule has 1 aromatic rings. The molecule has 1 nitrogen and oxygen atoms in total. The van der Waals surface area contributed by atoms with Gasteiger partial charge in [0.25, 0.3) is 0 Å². The van der Waals surface area contributed by atoms with E-state index in [1.807, 2.05) is 6.07 Å². The van der Waals surface area contributed by atoms with Crippen LogP contribution < -0.4 is 4.74 Å². The fraction of sp³-hybridized carbons (Fsp3) is 0.385. The highest BCUT2D eigenvalue weighted by Gasteiger charge is 2.17. The molecule has 2 rings (SSSR count). The number of halogens is 1. The predicted octanol–water partition coefficient (Wildman–Crippen LogP) is 3.65. The van der Waals surface area contributed by atoms with Crippen LogP contribution >= 0.6 is 0 Å². The highest BCUT2D eigenvalue weighted by Crippen LogP contribution is 2.35. The van der Waals surface area contributed by atoms with E-state index < -0.39 is 0 Å². The zero-order valence-corrected chi connectivity index (χ0v) is 9.09. The number of benzene rings is 1. The standard InChI is InChI=1S/C13H15FO/c1-9-4-3-5-11(9)10-6-7-12(14)13(8-10)15-2/h5-9H,3-4H2,1-2H3. The Kier molecular flexibility index (Phi) is 2.76. The van der Waals surface area contributed by atoms with Crippen molar-refractivity contribution in [2.75, 3.05) is 7.11 Å². The first kappa shape index (κ1) is 10.2. The summed E-state index contributed by atoms with van der Waals surface area (Å²) < 4.78 is 18.2. The molecule has 0 saturated heterocycles. The first-order valence-electron chi connectivity index (χ1n) is 5.26. The lowest BCUT2D eigenvalue weighted by Gasteiger charge is -2.11. The lowest BCUT2D eigenvalue weighted by molar-refractivity contribution is 0.386. The van der Waals surface area contributed by atoms with Gasteiger partial charge in [0.15, 0.2) is 11.6 Å². The van der Waals surface area contributed by atoms with E-state index in [4.69, 9.17) is 4.74 Å². The molecule has 0 aromatic heterocycles. The van der Waals surface area contributed by atoms with Crippen molar-refractivity contribution < 1.29 is 9.13 Å². The van der Waals surface area contributed by atoms with Gasteiger partial charge < -0.3 is 4.74 Å². The summed E-state index contributed by atoms with van der Waals surface area (Å²) in [6, 6.07) is 5.08. The maximum absolute atomic E-state index is 13.2. The SMILES string of the molecule is COc1cc(C2=CCCC2C)ccc1F. The van der Waals surface area contributed by atoms with E-state index in [1.54, 1.807) is 6.07 Å². The second-order valence-electron chi connectivity index (χ2n) is 3.99. The Bertz CT molecular complexity index is 396. The first-order valence-corrected chi connectivity index (χ1v) is 5.26. The Morgan fingerprint density at radius 3 is 2.80 bits per heavy atom. The van der Waals surface area contributed by atoms with Crippen molar-refractivity contribution in [3.63, 3.8) is 0 Å². The van der Waals surface area contributed by atoms with Crippen molar-refractivity contribution in [2.24, 2.45) is 5.92 Å². The molecular formula is C13H15FO. The van der Waals surface area contributed by atoms with Gasteiger partial charge in [-0.3, -0.25) is 0 Å². The molecule has 1 aliphatic rings. The molecule has 1 unspecified atom stereocenters. The summed E-state index contributed by atoms with van der Waals surface area (Å²) in [6.45, 7) is 2.20. The molecule has 1 aromatic carbocycles. The Morgan fingerprint density at radius 2 is 2.20 bits per heavy atom. The van der Waals surface area contributed by atoms with Gasteiger partial charge in [0.2, 0.25) is 0 Å². The Hall–Kier alpha value is -1.31. The third-order valence-electron chi connectivity index (χ3n) is 2.98. The smallest absolute Gasteiger partial charge is 0.165 e. The predicted molar refractivity (Wildman–Crippen MR) is 59.3 cm³/mol. The van der Waals surface area contributed by atoms with Crippen LogP contribution in [0.3, 0.4) is 0 Å². The number of hydrogen-bond acceptors (Lipinski definition) is 1. The van der Waals surface area contributed by atoms with Crippen molar-refractivity contribution in [1.82, 2.24) is 0 Å². The number of ether oxygens (including phenoxy) is 1. The van der Waals surface area contributed by atoms with E-state index in [-0.39, 0.29) is 5.82 Å². The van der Waals surface area contributed by atoms with E-state index in [0.29, 0.717) is 11.7 Å². The van der Waals surface area contributed by atoms with Crippen molar-refractivity contribution in [3.8, 4) is 5.75 Å². The summed E-state index contributed by atoms with van der Waals surface area (Å²) in [7, 11) is 1.49. The van der Waals surface area contributed by atoms with Crippen molar-refractivity contribution in [3.05, 3.63) is 35.7 Å². The van der Waals surface area contributed by atoms with E-state index in [1.165, 1.54) is 25.2 Å². The summed E-state index contributed by atoms with van der Waals surface area (Å²) in [5, 5.41) is 0. The monoisotopic (exact) mass is 206 g/mol. The summed E-state index contributed by atoms with van der Waals surface area (Å²) in [5.41, 5.74) is 2.39. The van der Waals surface area contributed by atoms with E-state index >= 15 is 0 Å². The maximum atomic E-state index is 13.2. The van der Waals surface area contributed by atoms with Gasteiger partial charge >= 0.3 is 0 Å². The molecule has 0 bridgehead atoms. The lowest BCUT2D eigenvalue weighted by Crippen LogP contribution is -1.95. The van der Waals surface area contributed by atoms with Crippen LogP contribution in [0.15, 0.2) is 24.3 Å². The van der Waals surface area contributed by atoms with Gasteiger partial charge in [-0.25, -0.2) is 4.39 Å². The molecule has 0 radical (unpaired) electrons. The van der Waals surface area contributed by atoms with Crippen LogP contribution in [0.25, 0.3) is 5.57 Å². The molecule has 0 aliphatic heterocycles. The van der Waals surface area contributed by atoms with Gasteiger partial charge in [0.1, 0.15) is 0 Å². The first-order chi connectivity index (χ1) is 7.22. The zero-order valence-electron chi connectivity index (χ0n) is 9.09. The summed E-state index contributed by atoms with van der Waals surface area (Å²) in [6.07, 6.45) is 4.54. The number of methoxy groups -OCH3 is 1. The van der Waals surface area contributed by atoms with Gasteiger partial charge in [-0.1, -0.05) is 19.1 Å². The topological polar surface area (TPSA) is 9.23 Å². The molecule has 15 heavy (non-hydrogen) atoms. The Labute approximate surface area is 89.6 Å². The number of rotatable bonds is 2. The van der Waals surface area contributed by atoms with Crippen LogP contribution in [0, 0.1) is 11.7 Å². The van der Waals surface area contributed by atoms with E-state index in [0.717, 1.165) is 12.0 Å². The van der Waals surface area contributed by atoms with Crippen LogP contribution in [0.4, 0.5) is 4.39 Å². The van der Waals surface area contributed by atoms with Gasteiger partial charge in [-0.05, 0) is 42.0 Å². The minimum atomic E-state index is -0.299. The quantitative estimate of drug-likeness (QED) is 0.717. The van der Waals surface area contributed by atoms with Crippen LogP contribution in [0.1, 0.15) is 25.3 Å². The van der Waals surface area contributed by atoms with E-state index in [2.05, 4.69) is 13.0 Å². The molecule has 1 atom stereocenters. The van der Waals surface area contributed by atoms with Crippen LogP contribution in [0.2, 0.25) is 0 Å². The second kappa shape index (κ2) is 4.05. The highest BCUT2D eigenvalue weighted by molar-refractivity contribution is 5.69. The molecular weight excluding hydrogens is 191 g/mol. The van der Waals surface area contributed by atoms with Gasteiger partial charge in [-0.15, -0.1) is 0 Å². The van der Waals surface area contributed by atoms with Gasteiger partial charge in [0.05, 0.1) is 7.11 Å². The lowest BCUT2D eigenvalue weighted by atomic mass is 9.96. The molecule has 0 amide bonds. The molecule has 2 heteroatoms. The molecule has 0 heterocycles. The van der Waals surface area contributed by atoms with Crippen molar-refractivity contribution in [2.45, 2.75) is 19.8 Å².